The van der Waals surface area contributed by atoms with E-state index in [1.807, 2.05) is 44.2 Å². The molecule has 126 valence electrons. The van der Waals surface area contributed by atoms with Gasteiger partial charge < -0.3 is 9.47 Å². The number of ether oxygens (including phenoxy) is 2. The van der Waals surface area contributed by atoms with Crippen molar-refractivity contribution in [1.29, 1.82) is 0 Å². The molecule has 0 saturated carbocycles. The summed E-state index contributed by atoms with van der Waals surface area (Å²) in [5.74, 6) is 0.971. The second kappa shape index (κ2) is 9.19. The molecule has 23 heavy (non-hydrogen) atoms. The Morgan fingerprint density at radius 2 is 1.96 bits per heavy atom. The highest BCUT2D eigenvalue weighted by molar-refractivity contribution is 5.87. The van der Waals surface area contributed by atoms with Crippen LogP contribution in [0, 0.1) is 5.92 Å². The van der Waals surface area contributed by atoms with E-state index in [0.717, 1.165) is 30.6 Å². The average Bonchev–Trinajstić information content (AvgIpc) is 2.52. The summed E-state index contributed by atoms with van der Waals surface area (Å²) in [5.41, 5.74) is 0.475. The smallest absolute Gasteiger partial charge is 0.331 e. The van der Waals surface area contributed by atoms with Crippen LogP contribution >= 0.6 is 0 Å². The molecule has 0 radical (unpaired) electrons. The molecule has 0 amide bonds. The van der Waals surface area contributed by atoms with Crippen molar-refractivity contribution < 1.29 is 14.3 Å². The van der Waals surface area contributed by atoms with Gasteiger partial charge in [-0.3, -0.25) is 0 Å². The maximum Gasteiger partial charge on any atom is 0.331 e. The van der Waals surface area contributed by atoms with Crippen LogP contribution in [0.15, 0.2) is 43.0 Å². The van der Waals surface area contributed by atoms with Gasteiger partial charge in [0.05, 0.1) is 7.11 Å². The Morgan fingerprint density at radius 1 is 1.30 bits per heavy atom. The zero-order chi connectivity index (χ0) is 17.3. The predicted molar refractivity (Wildman–Crippen MR) is 95.4 cm³/mol. The number of methoxy groups -OCH3 is 1. The molecule has 0 aliphatic rings. The van der Waals surface area contributed by atoms with Gasteiger partial charge in [-0.05, 0) is 62.8 Å². The fraction of sp³-hybridized carbons (Fsp3) is 0.450. The van der Waals surface area contributed by atoms with Crippen molar-refractivity contribution in [3.05, 3.63) is 48.6 Å². The highest BCUT2D eigenvalue weighted by Crippen LogP contribution is 2.21. The summed E-state index contributed by atoms with van der Waals surface area (Å²) < 4.78 is 10.6. The monoisotopic (exact) mass is 316 g/mol. The Hall–Kier alpha value is -2.03. The summed E-state index contributed by atoms with van der Waals surface area (Å²) in [5, 5.41) is 0. The van der Waals surface area contributed by atoms with E-state index >= 15 is 0 Å². The van der Waals surface area contributed by atoms with Crippen molar-refractivity contribution in [1.82, 2.24) is 0 Å². The number of carbonyl (C=O) groups excluding carboxylic acids is 1. The molecule has 3 nitrogen and oxygen atoms in total. The van der Waals surface area contributed by atoms with E-state index < -0.39 is 5.60 Å². The number of carbonyl (C=O) groups is 1. The molecule has 1 atom stereocenters. The van der Waals surface area contributed by atoms with Crippen LogP contribution in [0.5, 0.6) is 5.75 Å². The molecule has 0 aromatic heterocycles. The Kier molecular flexibility index (Phi) is 7.60. The van der Waals surface area contributed by atoms with E-state index in [2.05, 4.69) is 13.5 Å². The lowest BCUT2D eigenvalue weighted by Crippen LogP contribution is -2.27. The summed E-state index contributed by atoms with van der Waals surface area (Å²) in [6, 6.07) is 7.50. The quantitative estimate of drug-likeness (QED) is 0.364. The fourth-order valence-electron chi connectivity index (χ4n) is 2.20. The number of allylic oxidation sites excluding steroid dienone is 1. The molecule has 0 aliphatic heterocycles. The molecule has 0 aliphatic carbocycles. The molecule has 1 unspecified atom stereocenters. The fourth-order valence-corrected chi connectivity index (χ4v) is 2.20. The molecule has 0 bridgehead atoms. The Labute approximate surface area is 140 Å². The van der Waals surface area contributed by atoms with E-state index in [1.165, 1.54) is 6.08 Å². The average molecular weight is 316 g/mol. The highest BCUT2D eigenvalue weighted by atomic mass is 16.6. The molecule has 0 saturated heterocycles. The summed E-state index contributed by atoms with van der Waals surface area (Å²) in [4.78, 5) is 12.0. The summed E-state index contributed by atoms with van der Waals surface area (Å²) in [6.45, 7) is 9.83. The largest absolute Gasteiger partial charge is 0.497 e. The maximum atomic E-state index is 12.0. The van der Waals surface area contributed by atoms with E-state index in [1.54, 1.807) is 13.2 Å². The van der Waals surface area contributed by atoms with Gasteiger partial charge >= 0.3 is 5.97 Å². The van der Waals surface area contributed by atoms with Gasteiger partial charge in [-0.1, -0.05) is 25.1 Å². The molecular weight excluding hydrogens is 288 g/mol. The van der Waals surface area contributed by atoms with Crippen LogP contribution in [-0.2, 0) is 9.53 Å². The van der Waals surface area contributed by atoms with Gasteiger partial charge in [0, 0.05) is 6.08 Å². The van der Waals surface area contributed by atoms with Gasteiger partial charge in [0.2, 0.25) is 0 Å². The van der Waals surface area contributed by atoms with Crippen LogP contribution in [0.4, 0.5) is 0 Å². The Bertz CT molecular complexity index is 526. The number of hydrogen-bond acceptors (Lipinski definition) is 3. The van der Waals surface area contributed by atoms with E-state index in [-0.39, 0.29) is 5.97 Å². The molecule has 0 fully saturated rings. The standard InChI is InChI=1S/C20H28O3/c1-6-16(2)8-7-15-20(3,4)23-19(21)14-11-17-9-12-18(22-5)13-10-17/h6,9-14,16H,1,7-8,15H2,2-5H3/b14-11+. The normalized spacial score (nSPS) is 12.9. The van der Waals surface area contributed by atoms with Gasteiger partial charge in [0.1, 0.15) is 11.4 Å². The van der Waals surface area contributed by atoms with E-state index in [4.69, 9.17) is 9.47 Å². The summed E-state index contributed by atoms with van der Waals surface area (Å²) >= 11 is 0. The number of rotatable bonds is 9. The zero-order valence-electron chi connectivity index (χ0n) is 14.7. The van der Waals surface area contributed by atoms with Crippen LogP contribution in [0.25, 0.3) is 6.08 Å². The van der Waals surface area contributed by atoms with Gasteiger partial charge in [0.25, 0.3) is 0 Å². The Morgan fingerprint density at radius 3 is 2.52 bits per heavy atom. The minimum atomic E-state index is -0.456. The zero-order valence-corrected chi connectivity index (χ0v) is 14.7. The lowest BCUT2D eigenvalue weighted by molar-refractivity contribution is -0.150. The van der Waals surface area contributed by atoms with Gasteiger partial charge in [-0.15, -0.1) is 6.58 Å². The predicted octanol–water partition coefficient (Wildman–Crippen LogP) is 5.02. The second-order valence-electron chi connectivity index (χ2n) is 6.39. The van der Waals surface area contributed by atoms with Gasteiger partial charge in [-0.2, -0.15) is 0 Å². The first-order valence-corrected chi connectivity index (χ1v) is 8.04. The third kappa shape index (κ3) is 7.68. The molecule has 1 aromatic carbocycles. The van der Waals surface area contributed by atoms with Crippen LogP contribution in [-0.4, -0.2) is 18.7 Å². The van der Waals surface area contributed by atoms with Crippen molar-refractivity contribution in [2.45, 2.75) is 45.6 Å². The van der Waals surface area contributed by atoms with Crippen LogP contribution in [0.2, 0.25) is 0 Å². The van der Waals surface area contributed by atoms with Gasteiger partial charge in [0.15, 0.2) is 0 Å². The lowest BCUT2D eigenvalue weighted by atomic mass is 9.97. The highest BCUT2D eigenvalue weighted by Gasteiger charge is 2.21. The number of benzene rings is 1. The van der Waals surface area contributed by atoms with Crippen molar-refractivity contribution in [3.63, 3.8) is 0 Å². The lowest BCUT2D eigenvalue weighted by Gasteiger charge is -2.24. The summed E-state index contributed by atoms with van der Waals surface area (Å²) in [7, 11) is 1.63. The van der Waals surface area contributed by atoms with Crippen LogP contribution < -0.4 is 4.74 Å². The third-order valence-corrected chi connectivity index (χ3v) is 3.75. The molecule has 0 heterocycles. The third-order valence-electron chi connectivity index (χ3n) is 3.75. The number of hydrogen-bond donors (Lipinski definition) is 0. The first kappa shape index (κ1) is 19.0. The Balaban J connectivity index is 2.46. The molecule has 1 aromatic rings. The van der Waals surface area contributed by atoms with Crippen LogP contribution in [0.3, 0.4) is 0 Å². The van der Waals surface area contributed by atoms with E-state index in [9.17, 15) is 4.79 Å². The second-order valence-corrected chi connectivity index (χ2v) is 6.39. The van der Waals surface area contributed by atoms with Crippen molar-refractivity contribution in [2.24, 2.45) is 5.92 Å². The van der Waals surface area contributed by atoms with E-state index in [0.29, 0.717) is 5.92 Å². The molecule has 3 heteroatoms. The molecule has 0 spiro atoms. The first-order chi connectivity index (χ1) is 10.9. The van der Waals surface area contributed by atoms with Crippen LogP contribution in [0.1, 0.15) is 45.6 Å². The topological polar surface area (TPSA) is 35.5 Å². The molecule has 1 rings (SSSR count). The SMILES string of the molecule is C=CC(C)CCCC(C)(C)OC(=O)/C=C/c1ccc(OC)cc1. The van der Waals surface area contributed by atoms with Crippen molar-refractivity contribution in [2.75, 3.05) is 7.11 Å². The summed E-state index contributed by atoms with van der Waals surface area (Å²) in [6.07, 6.45) is 8.08. The minimum absolute atomic E-state index is 0.317. The molecule has 0 N–H and O–H groups in total. The van der Waals surface area contributed by atoms with Gasteiger partial charge in [-0.25, -0.2) is 4.79 Å². The van der Waals surface area contributed by atoms with Crippen molar-refractivity contribution in [3.8, 4) is 5.75 Å². The number of esters is 1. The minimum Gasteiger partial charge on any atom is -0.497 e. The molecular formula is C20H28O3. The maximum absolute atomic E-state index is 12.0. The van der Waals surface area contributed by atoms with Crippen molar-refractivity contribution >= 4 is 12.0 Å². The first-order valence-electron chi connectivity index (χ1n) is 8.04.